The number of hydrogen-bond acceptors (Lipinski definition) is 5. The molecule has 2 saturated heterocycles. The lowest BCUT2D eigenvalue weighted by atomic mass is 9.96. The van der Waals surface area contributed by atoms with E-state index in [1.54, 1.807) is 13.8 Å². The molecule has 0 spiro atoms. The number of carboxylic acid groups (broad SMARTS) is 1. The maximum atomic E-state index is 11.7. The van der Waals surface area contributed by atoms with Crippen molar-refractivity contribution in [3.05, 3.63) is 0 Å². The number of fused-ring (bicyclic) bond motifs is 1. The summed E-state index contributed by atoms with van der Waals surface area (Å²) in [5.74, 6) is -1.71. The summed E-state index contributed by atoms with van der Waals surface area (Å²) in [6.07, 6.45) is 0. The van der Waals surface area contributed by atoms with Gasteiger partial charge in [0, 0.05) is 4.75 Å². The molecule has 8 heteroatoms. The van der Waals surface area contributed by atoms with Gasteiger partial charge in [-0.15, -0.1) is 11.8 Å². The summed E-state index contributed by atoms with van der Waals surface area (Å²) in [6, 6.07) is -2.50. The van der Waals surface area contributed by atoms with Crippen LogP contribution in [0, 0.1) is 0 Å². The highest BCUT2D eigenvalue weighted by molar-refractivity contribution is 8.01. The Morgan fingerprint density at radius 3 is 2.59 bits per heavy atom. The van der Waals surface area contributed by atoms with E-state index in [2.05, 4.69) is 5.32 Å². The highest BCUT2D eigenvalue weighted by Crippen LogP contribution is 2.50. The van der Waals surface area contributed by atoms with Gasteiger partial charge in [0.15, 0.2) is 0 Å². The van der Waals surface area contributed by atoms with Crippen molar-refractivity contribution in [3.63, 3.8) is 0 Å². The van der Waals surface area contributed by atoms with Crippen molar-refractivity contribution >= 4 is 29.7 Å². The molecule has 2 heterocycles. The number of β-lactam (4-membered cyclic amide) rings is 1. The lowest BCUT2D eigenvalue weighted by molar-refractivity contribution is -0.312. The van der Waals surface area contributed by atoms with E-state index in [1.807, 2.05) is 0 Å². The Balaban J connectivity index is 2.21. The fraction of sp³-hybridized carbons (Fsp3) is 0.667. The van der Waals surface area contributed by atoms with Crippen molar-refractivity contribution in [3.8, 4) is 0 Å². The zero-order chi connectivity index (χ0) is 13.0. The Morgan fingerprint density at radius 2 is 2.12 bits per heavy atom. The SMILES string of the molecule is CC1(C)SC2C(NC(N)=O)C(=O)N2C1C(=O)[O-]. The summed E-state index contributed by atoms with van der Waals surface area (Å²) < 4.78 is -0.646. The molecule has 0 radical (unpaired) electrons. The molecule has 2 fully saturated rings. The standard InChI is InChI=1S/C9H13N3O4S/c1-9(2)4(7(14)15)12-5(13)3(6(12)17-9)11-8(10)16/h3-4,6H,1-2H3,(H,14,15)(H3,10,11,16)/p-1. The molecule has 3 amide bonds. The number of hydrogen-bond donors (Lipinski definition) is 2. The predicted molar refractivity (Wildman–Crippen MR) is 57.6 cm³/mol. The Labute approximate surface area is 102 Å². The zero-order valence-corrected chi connectivity index (χ0v) is 10.1. The highest BCUT2D eigenvalue weighted by Gasteiger charge is 2.62. The molecule has 3 atom stereocenters. The van der Waals surface area contributed by atoms with E-state index in [-0.39, 0.29) is 5.37 Å². The van der Waals surface area contributed by atoms with E-state index >= 15 is 0 Å². The fourth-order valence-corrected chi connectivity index (χ4v) is 3.90. The summed E-state index contributed by atoms with van der Waals surface area (Å²) in [7, 11) is 0. The highest BCUT2D eigenvalue weighted by atomic mass is 32.2. The number of primary amides is 1. The maximum Gasteiger partial charge on any atom is 0.312 e. The summed E-state index contributed by atoms with van der Waals surface area (Å²) >= 11 is 1.32. The molecule has 0 aliphatic carbocycles. The van der Waals surface area contributed by atoms with Crippen LogP contribution in [0.15, 0.2) is 0 Å². The van der Waals surface area contributed by atoms with Gasteiger partial charge in [-0.1, -0.05) is 0 Å². The minimum absolute atomic E-state index is 0.382. The number of nitrogens with zero attached hydrogens (tertiary/aromatic N) is 1. The number of carboxylic acids is 1. The average Bonchev–Trinajstić information content (AvgIpc) is 2.43. The van der Waals surface area contributed by atoms with Crippen LogP contribution in [0.1, 0.15) is 13.8 Å². The second-order valence-corrected chi connectivity index (χ2v) is 6.34. The fourth-order valence-electron chi connectivity index (χ4n) is 2.28. The Hall–Kier alpha value is -1.44. The second-order valence-electron chi connectivity index (χ2n) is 4.57. The van der Waals surface area contributed by atoms with E-state index in [4.69, 9.17) is 5.73 Å². The van der Waals surface area contributed by atoms with Crippen molar-refractivity contribution in [2.45, 2.75) is 36.1 Å². The number of thioether (sulfide) groups is 1. The maximum absolute atomic E-state index is 11.7. The minimum atomic E-state index is -1.28. The lowest BCUT2D eigenvalue weighted by Gasteiger charge is -2.44. The van der Waals surface area contributed by atoms with Crippen LogP contribution in [0.25, 0.3) is 0 Å². The average molecular weight is 258 g/mol. The van der Waals surface area contributed by atoms with Crippen LogP contribution in [-0.2, 0) is 9.59 Å². The molecule has 2 rings (SSSR count). The minimum Gasteiger partial charge on any atom is -0.548 e. The van der Waals surface area contributed by atoms with Gasteiger partial charge in [-0.25, -0.2) is 4.79 Å². The van der Waals surface area contributed by atoms with Crippen molar-refractivity contribution in [2.24, 2.45) is 5.73 Å². The van der Waals surface area contributed by atoms with Gasteiger partial charge in [0.05, 0.1) is 12.0 Å². The number of nitrogens with one attached hydrogen (secondary N) is 1. The van der Waals surface area contributed by atoms with Gasteiger partial charge in [-0.05, 0) is 13.8 Å². The van der Waals surface area contributed by atoms with Crippen molar-refractivity contribution in [1.82, 2.24) is 10.2 Å². The number of carbonyl (C=O) groups is 3. The molecule has 0 aromatic heterocycles. The van der Waals surface area contributed by atoms with Crippen LogP contribution in [0.3, 0.4) is 0 Å². The third-order valence-corrected chi connectivity index (χ3v) is 4.53. The largest absolute Gasteiger partial charge is 0.548 e. The van der Waals surface area contributed by atoms with Crippen LogP contribution in [-0.4, -0.2) is 45.0 Å². The molecular formula is C9H12N3O4S-. The van der Waals surface area contributed by atoms with Crippen molar-refractivity contribution in [2.75, 3.05) is 0 Å². The van der Waals surface area contributed by atoms with Crippen LogP contribution >= 0.6 is 11.8 Å². The third-order valence-electron chi connectivity index (χ3n) is 2.96. The molecule has 0 aromatic carbocycles. The van der Waals surface area contributed by atoms with Gasteiger partial charge in [-0.2, -0.15) is 0 Å². The van der Waals surface area contributed by atoms with Crippen molar-refractivity contribution < 1.29 is 19.5 Å². The van der Waals surface area contributed by atoms with Crippen LogP contribution in [0.4, 0.5) is 4.79 Å². The van der Waals surface area contributed by atoms with Crippen LogP contribution in [0.5, 0.6) is 0 Å². The first kappa shape index (κ1) is 12.0. The smallest absolute Gasteiger partial charge is 0.312 e. The molecule has 3 N–H and O–H groups in total. The topological polar surface area (TPSA) is 116 Å². The molecule has 0 saturated carbocycles. The molecule has 7 nitrogen and oxygen atoms in total. The normalized spacial score (nSPS) is 33.9. The predicted octanol–water partition coefficient (Wildman–Crippen LogP) is -2.16. The zero-order valence-electron chi connectivity index (χ0n) is 9.30. The third kappa shape index (κ3) is 1.63. The summed E-state index contributed by atoms with van der Waals surface area (Å²) in [6.45, 7) is 3.45. The molecule has 0 bridgehead atoms. The summed E-state index contributed by atoms with van der Waals surface area (Å²) in [5.41, 5.74) is 4.95. The lowest BCUT2D eigenvalue weighted by Crippen LogP contribution is -2.72. The first-order chi connectivity index (χ1) is 7.75. The van der Waals surface area contributed by atoms with E-state index < -0.39 is 34.7 Å². The Bertz CT molecular complexity index is 411. The Kier molecular flexibility index (Phi) is 2.49. The number of aliphatic carboxylic acids is 1. The van der Waals surface area contributed by atoms with Gasteiger partial charge < -0.3 is 25.9 Å². The van der Waals surface area contributed by atoms with Crippen LogP contribution in [0.2, 0.25) is 0 Å². The summed E-state index contributed by atoms with van der Waals surface area (Å²) in [5, 5.41) is 13.0. The van der Waals surface area contributed by atoms with Crippen molar-refractivity contribution in [1.29, 1.82) is 0 Å². The Morgan fingerprint density at radius 1 is 1.53 bits per heavy atom. The first-order valence-corrected chi connectivity index (χ1v) is 5.90. The molecule has 94 valence electrons. The summed E-state index contributed by atoms with van der Waals surface area (Å²) in [4.78, 5) is 34.7. The number of urea groups is 1. The monoisotopic (exact) mass is 258 g/mol. The number of nitrogens with two attached hydrogens (primary N) is 1. The second kappa shape index (κ2) is 3.52. The van der Waals surface area contributed by atoms with E-state index in [0.29, 0.717) is 0 Å². The number of carbonyl (C=O) groups excluding carboxylic acids is 3. The first-order valence-electron chi connectivity index (χ1n) is 5.02. The van der Waals surface area contributed by atoms with Gasteiger partial charge in [0.25, 0.3) is 0 Å². The van der Waals surface area contributed by atoms with Crippen LogP contribution < -0.4 is 16.2 Å². The molecule has 17 heavy (non-hydrogen) atoms. The van der Waals surface area contributed by atoms with E-state index in [0.717, 1.165) is 0 Å². The van der Waals surface area contributed by atoms with E-state index in [9.17, 15) is 19.5 Å². The molecule has 3 unspecified atom stereocenters. The molecular weight excluding hydrogens is 246 g/mol. The van der Waals surface area contributed by atoms with Gasteiger partial charge >= 0.3 is 6.03 Å². The van der Waals surface area contributed by atoms with Gasteiger partial charge in [-0.3, -0.25) is 4.79 Å². The number of amides is 3. The molecule has 2 aliphatic rings. The molecule has 0 aromatic rings. The molecule has 2 aliphatic heterocycles. The quantitative estimate of drug-likeness (QED) is 0.547. The van der Waals surface area contributed by atoms with Gasteiger partial charge in [0.2, 0.25) is 5.91 Å². The number of rotatable bonds is 2. The van der Waals surface area contributed by atoms with Gasteiger partial charge in [0.1, 0.15) is 11.4 Å². The van der Waals surface area contributed by atoms with E-state index in [1.165, 1.54) is 16.7 Å².